The normalized spacial score (nSPS) is 18.4. The smallest absolute Gasteiger partial charge is 0.349 e. The second-order valence-electron chi connectivity index (χ2n) is 8.79. The molecule has 0 aliphatic carbocycles. The minimum absolute atomic E-state index is 0.187. The molecule has 3 N–H and O–H groups in total. The second-order valence-corrected chi connectivity index (χ2v) is 8.79. The highest BCUT2D eigenvalue weighted by atomic mass is 16.6. The number of hydrogen-bond acceptors (Lipinski definition) is 6. The Morgan fingerprint density at radius 2 is 1.50 bits per heavy atom. The van der Waals surface area contributed by atoms with Crippen molar-refractivity contribution in [2.24, 2.45) is 0 Å². The summed E-state index contributed by atoms with van der Waals surface area (Å²) in [6.07, 6.45) is -0.532. The largest absolute Gasteiger partial charge is 0.478 e. The van der Waals surface area contributed by atoms with Gasteiger partial charge in [0.25, 0.3) is 0 Å². The van der Waals surface area contributed by atoms with Crippen molar-refractivity contribution in [1.29, 1.82) is 0 Å². The summed E-state index contributed by atoms with van der Waals surface area (Å²) in [7, 11) is 0. The van der Waals surface area contributed by atoms with Gasteiger partial charge in [-0.2, -0.15) is 0 Å². The molecule has 0 radical (unpaired) electrons. The number of hydrogen-bond donors (Lipinski definition) is 3. The maximum Gasteiger partial charge on any atom is 0.349 e. The predicted molar refractivity (Wildman–Crippen MR) is 138 cm³/mol. The van der Waals surface area contributed by atoms with E-state index in [4.69, 9.17) is 5.11 Å². The third kappa shape index (κ3) is 8.92. The third-order valence-electron chi connectivity index (χ3n) is 5.94. The summed E-state index contributed by atoms with van der Waals surface area (Å²) in [6, 6.07) is 29.4. The van der Waals surface area contributed by atoms with Crippen molar-refractivity contribution < 1.29 is 24.5 Å². The minimum atomic E-state index is -1.21. The van der Waals surface area contributed by atoms with Gasteiger partial charge in [-0.15, -0.1) is 0 Å². The zero-order valence-corrected chi connectivity index (χ0v) is 20.5. The molecule has 1 aliphatic heterocycles. The van der Waals surface area contributed by atoms with E-state index in [0.717, 1.165) is 32.6 Å². The predicted octanol–water partition coefficient (Wildman–Crippen LogP) is 3.79. The number of carboxylic acid groups (broad SMARTS) is 1. The molecular weight excluding hydrogens is 456 g/mol. The monoisotopic (exact) mass is 490 g/mol. The fourth-order valence-electron chi connectivity index (χ4n) is 4.12. The van der Waals surface area contributed by atoms with Gasteiger partial charge in [-0.05, 0) is 17.5 Å². The number of benzene rings is 3. The van der Waals surface area contributed by atoms with Crippen LogP contribution >= 0.6 is 0 Å². The zero-order chi connectivity index (χ0) is 25.8. The van der Waals surface area contributed by atoms with E-state index in [0.29, 0.717) is 5.56 Å². The van der Waals surface area contributed by atoms with Gasteiger partial charge in [0.2, 0.25) is 6.10 Å². The van der Waals surface area contributed by atoms with Crippen LogP contribution in [-0.2, 0) is 27.4 Å². The number of aliphatic carboxylic acids is 1. The fraction of sp³-hybridized carbons (Fsp3) is 0.310. The molecular formula is C29H34N2O5. The summed E-state index contributed by atoms with van der Waals surface area (Å²) >= 11 is 0. The van der Waals surface area contributed by atoms with Gasteiger partial charge in [0, 0.05) is 44.7 Å². The van der Waals surface area contributed by atoms with Crippen molar-refractivity contribution in [1.82, 2.24) is 10.2 Å². The highest BCUT2D eigenvalue weighted by Crippen LogP contribution is 2.17. The van der Waals surface area contributed by atoms with Crippen LogP contribution in [0.5, 0.6) is 0 Å². The zero-order valence-electron chi connectivity index (χ0n) is 20.5. The SMILES string of the molecule is CC(=O)OC(C(=O)O)c1ccccc1.OC1CN(Cc2ccccc2)CCC1NCc1ccccc1. The Morgan fingerprint density at radius 3 is 2.03 bits per heavy atom. The van der Waals surface area contributed by atoms with Gasteiger partial charge >= 0.3 is 11.9 Å². The first-order valence-electron chi connectivity index (χ1n) is 12.1. The molecule has 1 saturated heterocycles. The molecule has 3 unspecified atom stereocenters. The Kier molecular flexibility index (Phi) is 10.6. The number of carbonyl (C=O) groups excluding carboxylic acids is 1. The number of ether oxygens (including phenoxy) is 1. The fourth-order valence-corrected chi connectivity index (χ4v) is 4.12. The first-order chi connectivity index (χ1) is 17.4. The van der Waals surface area contributed by atoms with Crippen LogP contribution in [0.2, 0.25) is 0 Å². The van der Waals surface area contributed by atoms with Gasteiger partial charge in [-0.1, -0.05) is 91.0 Å². The molecule has 3 aromatic carbocycles. The van der Waals surface area contributed by atoms with Crippen LogP contribution in [0.1, 0.15) is 36.1 Å². The quantitative estimate of drug-likeness (QED) is 0.413. The van der Waals surface area contributed by atoms with E-state index >= 15 is 0 Å². The molecule has 0 aromatic heterocycles. The van der Waals surface area contributed by atoms with E-state index in [-0.39, 0.29) is 12.1 Å². The van der Waals surface area contributed by atoms with Gasteiger partial charge < -0.3 is 20.3 Å². The number of carboxylic acids is 1. The van der Waals surface area contributed by atoms with Crippen LogP contribution in [-0.4, -0.2) is 52.3 Å². The average Bonchev–Trinajstić information content (AvgIpc) is 2.89. The van der Waals surface area contributed by atoms with Crippen molar-refractivity contribution >= 4 is 11.9 Å². The molecule has 1 fully saturated rings. The maximum atomic E-state index is 10.8. The van der Waals surface area contributed by atoms with E-state index in [1.54, 1.807) is 30.3 Å². The minimum Gasteiger partial charge on any atom is -0.478 e. The molecule has 0 bridgehead atoms. The standard InChI is InChI=1S/C19H24N2O.C10H10O4/c22-19-15-21(14-17-9-5-2-6-10-17)12-11-18(19)20-13-16-7-3-1-4-8-16;1-7(11)14-9(10(12)13)8-5-3-2-4-6-8/h1-10,18-20,22H,11-15H2;2-6,9H,1H3,(H,12,13). The summed E-state index contributed by atoms with van der Waals surface area (Å²) in [5.74, 6) is -1.78. The molecule has 0 saturated carbocycles. The average molecular weight is 491 g/mol. The molecule has 3 atom stereocenters. The van der Waals surface area contributed by atoms with Gasteiger partial charge in [-0.3, -0.25) is 9.69 Å². The van der Waals surface area contributed by atoms with Crippen molar-refractivity contribution in [2.45, 2.75) is 44.7 Å². The van der Waals surface area contributed by atoms with Crippen LogP contribution in [0.25, 0.3) is 0 Å². The van der Waals surface area contributed by atoms with Gasteiger partial charge in [0.1, 0.15) is 0 Å². The number of aliphatic hydroxyl groups is 1. The lowest BCUT2D eigenvalue weighted by molar-refractivity contribution is -0.163. The number of β-amino-alcohol motifs (C(OH)–C–C–N with tert-alkyl or cyclic N) is 1. The first kappa shape index (κ1) is 27.1. The van der Waals surface area contributed by atoms with E-state index in [1.165, 1.54) is 18.1 Å². The number of carbonyl (C=O) groups is 2. The highest BCUT2D eigenvalue weighted by Gasteiger charge is 2.27. The number of piperidine rings is 1. The van der Waals surface area contributed by atoms with Gasteiger partial charge in [0.15, 0.2) is 0 Å². The lowest BCUT2D eigenvalue weighted by Crippen LogP contribution is -2.52. The van der Waals surface area contributed by atoms with Crippen LogP contribution in [0, 0.1) is 0 Å². The Hall–Kier alpha value is -3.52. The summed E-state index contributed by atoms with van der Waals surface area (Å²) < 4.78 is 4.66. The van der Waals surface area contributed by atoms with Crippen LogP contribution in [0.3, 0.4) is 0 Å². The second kappa shape index (κ2) is 14.1. The third-order valence-corrected chi connectivity index (χ3v) is 5.94. The van der Waals surface area contributed by atoms with Gasteiger partial charge in [-0.25, -0.2) is 4.79 Å². The molecule has 0 amide bonds. The van der Waals surface area contributed by atoms with E-state index in [9.17, 15) is 14.7 Å². The Labute approximate surface area is 212 Å². The topological polar surface area (TPSA) is 99.1 Å². The number of aliphatic hydroxyl groups excluding tert-OH is 1. The van der Waals surface area contributed by atoms with E-state index < -0.39 is 18.0 Å². The number of rotatable bonds is 8. The van der Waals surface area contributed by atoms with E-state index in [2.05, 4.69) is 63.5 Å². The summed E-state index contributed by atoms with van der Waals surface area (Å²) in [6.45, 7) is 4.68. The first-order valence-corrected chi connectivity index (χ1v) is 12.1. The number of likely N-dealkylation sites (tertiary alicyclic amines) is 1. The van der Waals surface area contributed by atoms with Gasteiger partial charge in [0.05, 0.1) is 6.10 Å². The summed E-state index contributed by atoms with van der Waals surface area (Å²) in [5, 5.41) is 22.7. The Morgan fingerprint density at radius 1 is 0.944 bits per heavy atom. The van der Waals surface area contributed by atoms with Crippen LogP contribution < -0.4 is 5.32 Å². The summed E-state index contributed by atoms with van der Waals surface area (Å²) in [4.78, 5) is 23.7. The molecule has 0 spiro atoms. The molecule has 190 valence electrons. The molecule has 1 aliphatic rings. The number of nitrogens with zero attached hydrogens (tertiary/aromatic N) is 1. The van der Waals surface area contributed by atoms with Crippen LogP contribution in [0.15, 0.2) is 91.0 Å². The van der Waals surface area contributed by atoms with Crippen molar-refractivity contribution in [3.63, 3.8) is 0 Å². The lowest BCUT2D eigenvalue weighted by Gasteiger charge is -2.36. The molecule has 3 aromatic rings. The molecule has 7 nitrogen and oxygen atoms in total. The number of esters is 1. The maximum absolute atomic E-state index is 10.8. The van der Waals surface area contributed by atoms with Crippen molar-refractivity contribution in [2.75, 3.05) is 13.1 Å². The van der Waals surface area contributed by atoms with E-state index in [1.807, 2.05) is 12.1 Å². The van der Waals surface area contributed by atoms with Crippen molar-refractivity contribution in [3.05, 3.63) is 108 Å². The molecule has 1 heterocycles. The Bertz CT molecular complexity index is 1060. The molecule has 4 rings (SSSR count). The summed E-state index contributed by atoms with van der Waals surface area (Å²) in [5.41, 5.74) is 3.03. The molecule has 36 heavy (non-hydrogen) atoms. The number of nitrogens with one attached hydrogen (secondary N) is 1. The highest BCUT2D eigenvalue weighted by molar-refractivity contribution is 5.78. The lowest BCUT2D eigenvalue weighted by atomic mass is 10.0. The van der Waals surface area contributed by atoms with Crippen LogP contribution in [0.4, 0.5) is 0 Å². The Balaban J connectivity index is 0.000000223. The molecule has 7 heteroatoms. The van der Waals surface area contributed by atoms with Crippen molar-refractivity contribution in [3.8, 4) is 0 Å².